The molecule has 2 saturated heterocycles. The van der Waals surface area contributed by atoms with E-state index in [4.69, 9.17) is 9.47 Å². The smallest absolute Gasteiger partial charge is 0.228 e. The van der Waals surface area contributed by atoms with Crippen molar-refractivity contribution in [1.29, 1.82) is 0 Å². The number of carbonyl (C=O) groups is 2. The van der Waals surface area contributed by atoms with Crippen molar-refractivity contribution in [2.45, 2.75) is 25.4 Å². The lowest BCUT2D eigenvalue weighted by molar-refractivity contribution is -0.137. The van der Waals surface area contributed by atoms with Crippen LogP contribution in [-0.4, -0.2) is 54.5 Å². The van der Waals surface area contributed by atoms with E-state index < -0.39 is 0 Å². The molecule has 1 aromatic heterocycles. The van der Waals surface area contributed by atoms with Crippen LogP contribution < -0.4 is 14.4 Å². The van der Waals surface area contributed by atoms with Gasteiger partial charge in [-0.1, -0.05) is 6.07 Å². The number of rotatable bonds is 5. The summed E-state index contributed by atoms with van der Waals surface area (Å²) < 4.78 is 11.1. The van der Waals surface area contributed by atoms with Gasteiger partial charge in [0.05, 0.1) is 13.0 Å². The molecular weight excluding hydrogens is 370 g/mol. The molecule has 2 amide bonds. The number of piperidine rings is 1. The van der Waals surface area contributed by atoms with Crippen molar-refractivity contribution < 1.29 is 19.1 Å². The highest BCUT2D eigenvalue weighted by molar-refractivity contribution is 6.00. The van der Waals surface area contributed by atoms with E-state index in [-0.39, 0.29) is 30.3 Å². The molecule has 0 N–H and O–H groups in total. The molecule has 2 aliphatic rings. The molecule has 0 saturated carbocycles. The van der Waals surface area contributed by atoms with Crippen LogP contribution in [-0.2, 0) is 9.59 Å². The summed E-state index contributed by atoms with van der Waals surface area (Å²) in [5, 5.41) is 0. The summed E-state index contributed by atoms with van der Waals surface area (Å²) in [5.41, 5.74) is 0.800. The average Bonchev–Trinajstić information content (AvgIpc) is 3.16. The Morgan fingerprint density at radius 2 is 1.86 bits per heavy atom. The summed E-state index contributed by atoms with van der Waals surface area (Å²) in [4.78, 5) is 33.2. The first-order valence-electron chi connectivity index (χ1n) is 9.95. The summed E-state index contributed by atoms with van der Waals surface area (Å²) >= 11 is 0. The number of anilines is 1. The predicted molar refractivity (Wildman–Crippen MR) is 108 cm³/mol. The number of methoxy groups -OCH3 is 1. The quantitative estimate of drug-likeness (QED) is 0.778. The van der Waals surface area contributed by atoms with E-state index >= 15 is 0 Å². The van der Waals surface area contributed by atoms with E-state index in [1.54, 1.807) is 18.2 Å². The minimum absolute atomic E-state index is 0.0121. The Balaban J connectivity index is 1.31. The third kappa shape index (κ3) is 4.34. The van der Waals surface area contributed by atoms with Crippen LogP contribution in [0.5, 0.6) is 11.6 Å². The van der Waals surface area contributed by atoms with Crippen molar-refractivity contribution in [1.82, 2.24) is 9.88 Å². The van der Waals surface area contributed by atoms with E-state index in [9.17, 15) is 9.59 Å². The third-order valence-corrected chi connectivity index (χ3v) is 5.54. The number of carbonyl (C=O) groups excluding carboxylic acids is 2. The zero-order chi connectivity index (χ0) is 20.2. The number of amides is 2. The monoisotopic (exact) mass is 395 g/mol. The first-order chi connectivity index (χ1) is 14.1. The zero-order valence-corrected chi connectivity index (χ0v) is 16.5. The van der Waals surface area contributed by atoms with Gasteiger partial charge in [0.15, 0.2) is 0 Å². The molecule has 0 bridgehead atoms. The molecule has 152 valence electrons. The molecule has 4 rings (SSSR count). The van der Waals surface area contributed by atoms with Gasteiger partial charge in [-0.25, -0.2) is 4.98 Å². The Morgan fingerprint density at radius 1 is 1.10 bits per heavy atom. The average molecular weight is 395 g/mol. The van der Waals surface area contributed by atoms with Crippen LogP contribution in [0.25, 0.3) is 0 Å². The van der Waals surface area contributed by atoms with Crippen molar-refractivity contribution in [2.24, 2.45) is 5.92 Å². The maximum absolute atomic E-state index is 13.0. The summed E-state index contributed by atoms with van der Waals surface area (Å²) in [6.45, 7) is 1.71. The largest absolute Gasteiger partial charge is 0.497 e. The van der Waals surface area contributed by atoms with Crippen molar-refractivity contribution >= 4 is 17.5 Å². The Hall–Kier alpha value is -3.09. The van der Waals surface area contributed by atoms with Crippen LogP contribution in [0, 0.1) is 5.92 Å². The van der Waals surface area contributed by atoms with Crippen LogP contribution in [0.4, 0.5) is 5.69 Å². The van der Waals surface area contributed by atoms with Crippen LogP contribution in [0.3, 0.4) is 0 Å². The fourth-order valence-electron chi connectivity index (χ4n) is 3.92. The van der Waals surface area contributed by atoms with Crippen molar-refractivity contribution in [3.05, 3.63) is 48.7 Å². The van der Waals surface area contributed by atoms with Gasteiger partial charge < -0.3 is 19.3 Å². The molecule has 1 atom stereocenters. The molecule has 7 heteroatoms. The number of nitrogens with zero attached hydrogens (tertiary/aromatic N) is 3. The molecule has 0 spiro atoms. The standard InChI is InChI=1S/C22H25N3O4/c1-28-18-7-5-17(6-8-18)25-15-16(14-21(25)26)22(27)24-12-9-19(10-13-24)29-20-4-2-3-11-23-20/h2-8,11,16,19H,9-10,12-15H2,1H3. The summed E-state index contributed by atoms with van der Waals surface area (Å²) in [6, 6.07) is 12.9. The van der Waals surface area contributed by atoms with Gasteiger partial charge in [-0.3, -0.25) is 9.59 Å². The normalized spacial score (nSPS) is 20.0. The van der Waals surface area contributed by atoms with E-state index in [2.05, 4.69) is 4.98 Å². The highest BCUT2D eigenvalue weighted by Crippen LogP contribution is 2.29. The van der Waals surface area contributed by atoms with Gasteiger partial charge in [0, 0.05) is 56.8 Å². The van der Waals surface area contributed by atoms with E-state index in [1.165, 1.54) is 0 Å². The van der Waals surface area contributed by atoms with Gasteiger partial charge in [0.2, 0.25) is 17.7 Å². The molecule has 2 aromatic rings. The molecule has 29 heavy (non-hydrogen) atoms. The number of hydrogen-bond acceptors (Lipinski definition) is 5. The maximum atomic E-state index is 13.0. The number of pyridine rings is 1. The predicted octanol–water partition coefficient (Wildman–Crippen LogP) is 2.51. The molecule has 2 aliphatic heterocycles. The minimum atomic E-state index is -0.294. The topological polar surface area (TPSA) is 72.0 Å². The molecule has 0 aliphatic carbocycles. The number of aromatic nitrogens is 1. The van der Waals surface area contributed by atoms with Gasteiger partial charge in [-0.05, 0) is 30.3 Å². The van der Waals surface area contributed by atoms with Gasteiger partial charge in [0.1, 0.15) is 11.9 Å². The van der Waals surface area contributed by atoms with Crippen molar-refractivity contribution in [3.8, 4) is 11.6 Å². The Labute approximate surface area is 170 Å². The van der Waals surface area contributed by atoms with Crippen molar-refractivity contribution in [3.63, 3.8) is 0 Å². The van der Waals surface area contributed by atoms with Crippen LogP contribution in [0.2, 0.25) is 0 Å². The maximum Gasteiger partial charge on any atom is 0.228 e. The lowest BCUT2D eigenvalue weighted by Crippen LogP contribution is -2.45. The second-order valence-corrected chi connectivity index (χ2v) is 7.41. The first kappa shape index (κ1) is 19.2. The molecule has 2 fully saturated rings. The minimum Gasteiger partial charge on any atom is -0.497 e. The first-order valence-corrected chi connectivity index (χ1v) is 9.95. The van der Waals surface area contributed by atoms with Gasteiger partial charge >= 0.3 is 0 Å². The molecule has 0 radical (unpaired) electrons. The molecular formula is C22H25N3O4. The van der Waals surface area contributed by atoms with Crippen LogP contribution >= 0.6 is 0 Å². The second kappa shape index (κ2) is 8.51. The highest BCUT2D eigenvalue weighted by Gasteiger charge is 2.38. The van der Waals surface area contributed by atoms with Crippen LogP contribution in [0.1, 0.15) is 19.3 Å². The fraction of sp³-hybridized carbons (Fsp3) is 0.409. The lowest BCUT2D eigenvalue weighted by Gasteiger charge is -2.33. The molecule has 7 nitrogen and oxygen atoms in total. The summed E-state index contributed by atoms with van der Waals surface area (Å²) in [5.74, 6) is 1.11. The van der Waals surface area contributed by atoms with Gasteiger partial charge in [-0.2, -0.15) is 0 Å². The summed E-state index contributed by atoms with van der Waals surface area (Å²) in [7, 11) is 1.61. The molecule has 1 unspecified atom stereocenters. The number of ether oxygens (including phenoxy) is 2. The Morgan fingerprint density at radius 3 is 2.52 bits per heavy atom. The van der Waals surface area contributed by atoms with Gasteiger partial charge in [-0.15, -0.1) is 0 Å². The SMILES string of the molecule is COc1ccc(N2CC(C(=O)N3CCC(Oc4ccccn4)CC3)CC2=O)cc1. The Kier molecular flexibility index (Phi) is 5.64. The lowest BCUT2D eigenvalue weighted by atomic mass is 10.0. The fourth-order valence-corrected chi connectivity index (χ4v) is 3.92. The van der Waals surface area contributed by atoms with Crippen molar-refractivity contribution in [2.75, 3.05) is 31.6 Å². The van der Waals surface area contributed by atoms with E-state index in [0.717, 1.165) is 24.3 Å². The third-order valence-electron chi connectivity index (χ3n) is 5.54. The zero-order valence-electron chi connectivity index (χ0n) is 16.5. The summed E-state index contributed by atoms with van der Waals surface area (Å²) in [6.07, 6.45) is 3.57. The highest BCUT2D eigenvalue weighted by atomic mass is 16.5. The number of benzene rings is 1. The van der Waals surface area contributed by atoms with E-state index in [1.807, 2.05) is 47.4 Å². The van der Waals surface area contributed by atoms with Gasteiger partial charge in [0.25, 0.3) is 0 Å². The molecule has 1 aromatic carbocycles. The van der Waals surface area contributed by atoms with Crippen LogP contribution in [0.15, 0.2) is 48.7 Å². The number of hydrogen-bond donors (Lipinski definition) is 0. The number of likely N-dealkylation sites (tertiary alicyclic amines) is 1. The molecule has 3 heterocycles. The second-order valence-electron chi connectivity index (χ2n) is 7.41. The van der Waals surface area contributed by atoms with E-state index in [0.29, 0.717) is 25.5 Å². The Bertz CT molecular complexity index is 848.